The van der Waals surface area contributed by atoms with Gasteiger partial charge in [0.1, 0.15) is 13.2 Å². The zero-order valence-electron chi connectivity index (χ0n) is 20.6. The lowest BCUT2D eigenvalue weighted by Crippen LogP contribution is -2.29. The number of piperidine rings is 1. The van der Waals surface area contributed by atoms with E-state index in [4.69, 9.17) is 14.5 Å². The molecule has 4 heteroatoms. The second-order valence-electron chi connectivity index (χ2n) is 9.08. The first-order valence-electron chi connectivity index (χ1n) is 12.7. The standard InChI is InChI=1S/C32H32N2O2/c1-4-10-26(11-5-1)24-35-31-19-14-28(22-32(31)36-25-27-12-6-2-7-13-27)23-33-29-15-17-30(18-16-29)34-20-8-3-9-21-34/h1-2,4-7,10-19,22-23H,3,8-9,20-21,24-25H2. The SMILES string of the molecule is C(=Nc1ccc(N2CCCCC2)cc1)c1ccc(OCc2ccccc2)c(OCc2ccccc2)c1. The summed E-state index contributed by atoms with van der Waals surface area (Å²) in [7, 11) is 0. The molecule has 0 aromatic heterocycles. The Morgan fingerprint density at radius 3 is 1.89 bits per heavy atom. The van der Waals surface area contributed by atoms with Crippen molar-refractivity contribution in [3.63, 3.8) is 0 Å². The fourth-order valence-electron chi connectivity index (χ4n) is 4.36. The highest BCUT2D eigenvalue weighted by molar-refractivity contribution is 5.83. The Morgan fingerprint density at radius 2 is 1.25 bits per heavy atom. The minimum absolute atomic E-state index is 0.473. The van der Waals surface area contributed by atoms with Crippen LogP contribution in [0.4, 0.5) is 11.4 Å². The highest BCUT2D eigenvalue weighted by Crippen LogP contribution is 2.30. The number of rotatable bonds is 9. The van der Waals surface area contributed by atoms with E-state index in [-0.39, 0.29) is 0 Å². The first-order chi connectivity index (χ1) is 17.8. The molecule has 1 fully saturated rings. The molecule has 0 atom stereocenters. The third kappa shape index (κ3) is 6.54. The molecule has 0 unspecified atom stereocenters. The highest BCUT2D eigenvalue weighted by Gasteiger charge is 2.11. The van der Waals surface area contributed by atoms with Crippen LogP contribution in [0.15, 0.2) is 108 Å². The average Bonchev–Trinajstić information content (AvgIpc) is 2.96. The van der Waals surface area contributed by atoms with Gasteiger partial charge in [0.25, 0.3) is 0 Å². The van der Waals surface area contributed by atoms with Crippen LogP contribution in [0.2, 0.25) is 0 Å². The molecule has 1 saturated heterocycles. The predicted octanol–water partition coefficient (Wildman–Crippen LogP) is 7.59. The highest BCUT2D eigenvalue weighted by atomic mass is 16.5. The first kappa shape index (κ1) is 23.7. The minimum Gasteiger partial charge on any atom is -0.485 e. The second-order valence-corrected chi connectivity index (χ2v) is 9.08. The van der Waals surface area contributed by atoms with Crippen molar-refractivity contribution < 1.29 is 9.47 Å². The molecule has 36 heavy (non-hydrogen) atoms. The number of aliphatic imine (C=N–C) groups is 1. The Hall–Kier alpha value is -4.05. The van der Waals surface area contributed by atoms with Crippen LogP contribution < -0.4 is 14.4 Å². The number of nitrogens with zero attached hydrogens (tertiary/aromatic N) is 2. The van der Waals surface area contributed by atoms with Gasteiger partial charge in [-0.2, -0.15) is 0 Å². The Bertz CT molecular complexity index is 1250. The normalized spacial score (nSPS) is 13.6. The van der Waals surface area contributed by atoms with Gasteiger partial charge in [0.2, 0.25) is 0 Å². The third-order valence-corrected chi connectivity index (χ3v) is 6.38. The van der Waals surface area contributed by atoms with E-state index in [0.717, 1.165) is 41.2 Å². The maximum absolute atomic E-state index is 6.20. The van der Waals surface area contributed by atoms with Gasteiger partial charge < -0.3 is 14.4 Å². The van der Waals surface area contributed by atoms with E-state index in [9.17, 15) is 0 Å². The fourth-order valence-corrected chi connectivity index (χ4v) is 4.36. The summed E-state index contributed by atoms with van der Waals surface area (Å²) < 4.78 is 12.3. The molecular formula is C32H32N2O2. The fraction of sp³-hybridized carbons (Fsp3) is 0.219. The average molecular weight is 477 g/mol. The summed E-state index contributed by atoms with van der Waals surface area (Å²) in [5.74, 6) is 1.43. The third-order valence-electron chi connectivity index (χ3n) is 6.38. The van der Waals surface area contributed by atoms with Crippen molar-refractivity contribution in [2.24, 2.45) is 4.99 Å². The monoisotopic (exact) mass is 476 g/mol. The van der Waals surface area contributed by atoms with Gasteiger partial charge in [-0.1, -0.05) is 60.7 Å². The van der Waals surface area contributed by atoms with E-state index in [1.54, 1.807) is 0 Å². The molecule has 1 aliphatic rings. The zero-order chi connectivity index (χ0) is 24.4. The molecule has 0 N–H and O–H groups in total. The van der Waals surface area contributed by atoms with Crippen LogP contribution in [-0.4, -0.2) is 19.3 Å². The van der Waals surface area contributed by atoms with Crippen molar-refractivity contribution in [1.29, 1.82) is 0 Å². The largest absolute Gasteiger partial charge is 0.485 e. The second kappa shape index (κ2) is 12.1. The van der Waals surface area contributed by atoms with Crippen LogP contribution >= 0.6 is 0 Å². The topological polar surface area (TPSA) is 34.1 Å². The van der Waals surface area contributed by atoms with Crippen molar-refractivity contribution in [3.8, 4) is 11.5 Å². The summed E-state index contributed by atoms with van der Waals surface area (Å²) in [4.78, 5) is 7.17. The van der Waals surface area contributed by atoms with Gasteiger partial charge in [-0.15, -0.1) is 0 Å². The van der Waals surface area contributed by atoms with Gasteiger partial charge in [-0.25, -0.2) is 0 Å². The molecule has 4 aromatic carbocycles. The van der Waals surface area contributed by atoms with Crippen molar-refractivity contribution in [3.05, 3.63) is 120 Å². The lowest BCUT2D eigenvalue weighted by atomic mass is 10.1. The number of anilines is 1. The maximum atomic E-state index is 6.20. The Balaban J connectivity index is 1.30. The zero-order valence-corrected chi connectivity index (χ0v) is 20.6. The summed E-state index contributed by atoms with van der Waals surface area (Å²) in [6.07, 6.45) is 5.78. The lowest BCUT2D eigenvalue weighted by Gasteiger charge is -2.28. The van der Waals surface area contributed by atoms with Crippen LogP contribution in [0.5, 0.6) is 11.5 Å². The minimum atomic E-state index is 0.473. The molecular weight excluding hydrogens is 444 g/mol. The van der Waals surface area contributed by atoms with Crippen LogP contribution in [0.3, 0.4) is 0 Å². The number of hydrogen-bond donors (Lipinski definition) is 0. The van der Waals surface area contributed by atoms with Gasteiger partial charge in [0.05, 0.1) is 5.69 Å². The number of ether oxygens (including phenoxy) is 2. The van der Waals surface area contributed by atoms with Crippen LogP contribution in [0, 0.1) is 0 Å². The van der Waals surface area contributed by atoms with E-state index in [1.807, 2.05) is 60.8 Å². The van der Waals surface area contributed by atoms with Gasteiger partial charge in [0.15, 0.2) is 11.5 Å². The van der Waals surface area contributed by atoms with Crippen LogP contribution in [0.25, 0.3) is 0 Å². The molecule has 0 amide bonds. The van der Waals surface area contributed by atoms with E-state index >= 15 is 0 Å². The van der Waals surface area contributed by atoms with E-state index in [2.05, 4.69) is 53.4 Å². The van der Waals surface area contributed by atoms with Crippen molar-refractivity contribution in [2.45, 2.75) is 32.5 Å². The van der Waals surface area contributed by atoms with Crippen molar-refractivity contribution in [2.75, 3.05) is 18.0 Å². The molecule has 0 bridgehead atoms. The molecule has 1 heterocycles. The lowest BCUT2D eigenvalue weighted by molar-refractivity contribution is 0.256. The Labute approximate surface area is 213 Å². The summed E-state index contributed by atoms with van der Waals surface area (Å²) in [5, 5.41) is 0. The quantitative estimate of drug-likeness (QED) is 0.233. The number of benzene rings is 4. The molecule has 0 radical (unpaired) electrons. The molecule has 4 aromatic rings. The Morgan fingerprint density at radius 1 is 0.639 bits per heavy atom. The smallest absolute Gasteiger partial charge is 0.162 e. The first-order valence-corrected chi connectivity index (χ1v) is 12.7. The van der Waals surface area contributed by atoms with Crippen molar-refractivity contribution >= 4 is 17.6 Å². The summed E-state index contributed by atoms with van der Waals surface area (Å²) in [6.45, 7) is 3.25. The summed E-state index contributed by atoms with van der Waals surface area (Å²) in [5.41, 5.74) is 5.41. The van der Waals surface area contributed by atoms with Crippen molar-refractivity contribution in [1.82, 2.24) is 0 Å². The molecule has 0 aliphatic carbocycles. The van der Waals surface area contributed by atoms with E-state index in [0.29, 0.717) is 19.0 Å². The van der Waals surface area contributed by atoms with Crippen LogP contribution in [-0.2, 0) is 13.2 Å². The molecule has 5 rings (SSSR count). The molecule has 0 saturated carbocycles. The van der Waals surface area contributed by atoms with E-state index < -0.39 is 0 Å². The number of hydrogen-bond acceptors (Lipinski definition) is 4. The maximum Gasteiger partial charge on any atom is 0.162 e. The van der Waals surface area contributed by atoms with Crippen LogP contribution in [0.1, 0.15) is 36.0 Å². The molecule has 182 valence electrons. The predicted molar refractivity (Wildman–Crippen MR) is 148 cm³/mol. The summed E-state index contributed by atoms with van der Waals surface area (Å²) >= 11 is 0. The molecule has 4 nitrogen and oxygen atoms in total. The van der Waals surface area contributed by atoms with Gasteiger partial charge in [0, 0.05) is 25.0 Å². The van der Waals surface area contributed by atoms with E-state index in [1.165, 1.54) is 24.9 Å². The van der Waals surface area contributed by atoms with Gasteiger partial charge in [-0.05, 0) is 78.4 Å². The van der Waals surface area contributed by atoms with Gasteiger partial charge >= 0.3 is 0 Å². The molecule has 1 aliphatic heterocycles. The summed E-state index contributed by atoms with van der Waals surface area (Å²) in [6, 6.07) is 34.8. The Kier molecular flexibility index (Phi) is 7.94. The van der Waals surface area contributed by atoms with Gasteiger partial charge in [-0.3, -0.25) is 4.99 Å². The molecule has 0 spiro atoms.